The van der Waals surface area contributed by atoms with E-state index in [0.717, 1.165) is 6.42 Å². The minimum Gasteiger partial charge on any atom is -0.354 e. The van der Waals surface area contributed by atoms with Gasteiger partial charge in [0.15, 0.2) is 0 Å². The van der Waals surface area contributed by atoms with E-state index in [1.165, 1.54) is 12.3 Å². The lowest BCUT2D eigenvalue weighted by molar-refractivity contribution is -0.134. The lowest BCUT2D eigenvalue weighted by Gasteiger charge is -2.17. The van der Waals surface area contributed by atoms with Gasteiger partial charge in [-0.05, 0) is 38.7 Å². The number of halogens is 3. The Morgan fingerprint density at radius 3 is 2.55 bits per heavy atom. The Balaban J connectivity index is 1.80. The molecule has 0 bridgehead atoms. The van der Waals surface area contributed by atoms with Crippen molar-refractivity contribution in [1.29, 1.82) is 0 Å². The highest BCUT2D eigenvalue weighted by Crippen LogP contribution is 2.22. The second-order valence-electron chi connectivity index (χ2n) is 5.73. The van der Waals surface area contributed by atoms with Crippen LogP contribution >= 0.6 is 0 Å². The molecule has 8 heteroatoms. The van der Waals surface area contributed by atoms with E-state index in [9.17, 15) is 13.2 Å². The zero-order valence-corrected chi connectivity index (χ0v) is 12.7. The van der Waals surface area contributed by atoms with Crippen molar-refractivity contribution in [1.82, 2.24) is 20.8 Å². The van der Waals surface area contributed by atoms with Gasteiger partial charge in [0.05, 0.1) is 0 Å². The van der Waals surface area contributed by atoms with E-state index in [1.54, 1.807) is 0 Å². The van der Waals surface area contributed by atoms with Crippen molar-refractivity contribution in [2.75, 3.05) is 11.9 Å². The van der Waals surface area contributed by atoms with Gasteiger partial charge < -0.3 is 5.32 Å². The summed E-state index contributed by atoms with van der Waals surface area (Å²) >= 11 is 0. The van der Waals surface area contributed by atoms with Gasteiger partial charge in [0.25, 0.3) is 0 Å². The molecule has 3 N–H and O–H groups in total. The number of aryl methyl sites for hydroxylation is 1. The first-order valence-electron chi connectivity index (χ1n) is 7.49. The summed E-state index contributed by atoms with van der Waals surface area (Å²) in [5, 5.41) is 3.09. The molecular formula is C14H22F3N5. The Kier molecular flexibility index (Phi) is 5.57. The molecule has 1 aliphatic rings. The smallest absolute Gasteiger partial charge is 0.354 e. The van der Waals surface area contributed by atoms with Crippen LogP contribution < -0.4 is 16.2 Å². The molecule has 1 saturated heterocycles. The molecule has 2 atom stereocenters. The second kappa shape index (κ2) is 7.23. The Hall–Kier alpha value is -1.41. The maximum Gasteiger partial charge on any atom is 0.389 e. The monoisotopic (exact) mass is 317 g/mol. The first-order valence-corrected chi connectivity index (χ1v) is 7.49. The zero-order chi connectivity index (χ0) is 16.2. The average Bonchev–Trinajstić information content (AvgIpc) is 2.77. The number of alkyl halides is 3. The first kappa shape index (κ1) is 17.0. The van der Waals surface area contributed by atoms with Crippen molar-refractivity contribution in [2.24, 2.45) is 5.92 Å². The summed E-state index contributed by atoms with van der Waals surface area (Å²) in [4.78, 5) is 8.18. The summed E-state index contributed by atoms with van der Waals surface area (Å²) in [5.41, 5.74) is 6.79. The van der Waals surface area contributed by atoms with Crippen molar-refractivity contribution < 1.29 is 13.2 Å². The van der Waals surface area contributed by atoms with Crippen LogP contribution in [-0.2, 0) is 6.42 Å². The molecule has 1 fully saturated rings. The topological polar surface area (TPSA) is 61.9 Å². The molecule has 0 aliphatic carbocycles. The molecule has 0 amide bonds. The highest BCUT2D eigenvalue weighted by atomic mass is 19.4. The maximum absolute atomic E-state index is 12.2. The van der Waals surface area contributed by atoms with Crippen molar-refractivity contribution in [3.63, 3.8) is 0 Å². The number of hydrazine groups is 1. The summed E-state index contributed by atoms with van der Waals surface area (Å²) in [6.07, 6.45) is -2.72. The van der Waals surface area contributed by atoms with Crippen molar-refractivity contribution in [2.45, 2.75) is 51.4 Å². The number of hydrogen-bond acceptors (Lipinski definition) is 5. The molecule has 2 unspecified atom stereocenters. The third-order valence-electron chi connectivity index (χ3n) is 3.96. The van der Waals surface area contributed by atoms with E-state index in [1.807, 2.05) is 0 Å². The van der Waals surface area contributed by atoms with Gasteiger partial charge in [-0.2, -0.15) is 13.2 Å². The predicted molar refractivity (Wildman–Crippen MR) is 78.2 cm³/mol. The SMILES string of the molecule is CC1NNC(C)C1CCNc1nccc(CCC(F)(F)F)n1. The summed E-state index contributed by atoms with van der Waals surface area (Å²) < 4.78 is 36.7. The van der Waals surface area contributed by atoms with Gasteiger partial charge in [-0.25, -0.2) is 9.97 Å². The van der Waals surface area contributed by atoms with Crippen LogP contribution in [0.3, 0.4) is 0 Å². The molecule has 1 aliphatic heterocycles. The average molecular weight is 317 g/mol. The Labute approximate surface area is 128 Å². The summed E-state index contributed by atoms with van der Waals surface area (Å²) in [6, 6.07) is 2.29. The molecule has 5 nitrogen and oxygen atoms in total. The molecule has 1 aromatic heterocycles. The van der Waals surface area contributed by atoms with Crippen molar-refractivity contribution in [3.05, 3.63) is 18.0 Å². The Morgan fingerprint density at radius 1 is 1.23 bits per heavy atom. The number of nitrogens with one attached hydrogen (secondary N) is 3. The van der Waals surface area contributed by atoms with E-state index in [2.05, 4.69) is 40.0 Å². The van der Waals surface area contributed by atoms with Crippen LogP contribution in [0, 0.1) is 5.92 Å². The number of anilines is 1. The molecule has 22 heavy (non-hydrogen) atoms. The molecule has 0 radical (unpaired) electrons. The highest BCUT2D eigenvalue weighted by Gasteiger charge is 2.29. The molecule has 1 aromatic rings. The van der Waals surface area contributed by atoms with Gasteiger partial charge in [-0.1, -0.05) is 0 Å². The molecular weight excluding hydrogens is 295 g/mol. The lowest BCUT2D eigenvalue weighted by atomic mass is 9.93. The van der Waals surface area contributed by atoms with Gasteiger partial charge >= 0.3 is 6.18 Å². The van der Waals surface area contributed by atoms with E-state index in [0.29, 0.717) is 36.2 Å². The fraction of sp³-hybridized carbons (Fsp3) is 0.714. The lowest BCUT2D eigenvalue weighted by Crippen LogP contribution is -2.30. The number of nitrogens with zero attached hydrogens (tertiary/aromatic N) is 2. The molecule has 2 heterocycles. The third kappa shape index (κ3) is 5.10. The summed E-state index contributed by atoms with van der Waals surface area (Å²) in [6.45, 7) is 4.93. The van der Waals surface area contributed by atoms with Gasteiger partial charge in [-0.3, -0.25) is 10.9 Å². The van der Waals surface area contributed by atoms with Crippen LogP contribution in [0.25, 0.3) is 0 Å². The van der Waals surface area contributed by atoms with Crippen LogP contribution in [-0.4, -0.2) is 34.8 Å². The third-order valence-corrected chi connectivity index (χ3v) is 3.96. The van der Waals surface area contributed by atoms with E-state index in [-0.39, 0.29) is 6.42 Å². The van der Waals surface area contributed by atoms with Gasteiger partial charge in [0, 0.05) is 36.9 Å². The minimum absolute atomic E-state index is 0.120. The first-order chi connectivity index (χ1) is 10.3. The summed E-state index contributed by atoms with van der Waals surface area (Å²) in [5.74, 6) is 0.875. The number of rotatable bonds is 6. The molecule has 0 saturated carbocycles. The van der Waals surface area contributed by atoms with Gasteiger partial charge in [0.1, 0.15) is 0 Å². The van der Waals surface area contributed by atoms with E-state index in [4.69, 9.17) is 0 Å². The minimum atomic E-state index is -4.16. The fourth-order valence-corrected chi connectivity index (χ4v) is 2.65. The largest absolute Gasteiger partial charge is 0.389 e. The normalized spacial score (nSPS) is 25.4. The summed E-state index contributed by atoms with van der Waals surface area (Å²) in [7, 11) is 0. The second-order valence-corrected chi connectivity index (χ2v) is 5.73. The maximum atomic E-state index is 12.2. The van der Waals surface area contributed by atoms with Crippen molar-refractivity contribution in [3.8, 4) is 0 Å². The highest BCUT2D eigenvalue weighted by molar-refractivity contribution is 5.25. The molecule has 2 rings (SSSR count). The molecule has 0 spiro atoms. The quantitative estimate of drug-likeness (QED) is 0.751. The van der Waals surface area contributed by atoms with Crippen LogP contribution in [0.1, 0.15) is 32.4 Å². The zero-order valence-electron chi connectivity index (χ0n) is 12.7. The van der Waals surface area contributed by atoms with E-state index < -0.39 is 12.6 Å². The Morgan fingerprint density at radius 2 is 1.91 bits per heavy atom. The van der Waals surface area contributed by atoms with Crippen LogP contribution in [0.5, 0.6) is 0 Å². The van der Waals surface area contributed by atoms with Gasteiger partial charge in [-0.15, -0.1) is 0 Å². The van der Waals surface area contributed by atoms with Crippen molar-refractivity contribution >= 4 is 5.95 Å². The molecule has 124 valence electrons. The Bertz CT molecular complexity index is 470. The van der Waals surface area contributed by atoms with Crippen LogP contribution in [0.15, 0.2) is 12.3 Å². The standard InChI is InChI=1S/C14H22F3N5/c1-9-12(10(2)22-21-9)5-8-19-13-18-7-4-11(20-13)3-6-14(15,16)17/h4,7,9-10,12,21-22H,3,5-6,8H2,1-2H3,(H,18,19,20). The van der Waals surface area contributed by atoms with Gasteiger partial charge in [0.2, 0.25) is 5.95 Å². The van der Waals surface area contributed by atoms with E-state index >= 15 is 0 Å². The molecule has 0 aromatic carbocycles. The van der Waals surface area contributed by atoms with Crippen LogP contribution in [0.4, 0.5) is 19.1 Å². The number of hydrogen-bond donors (Lipinski definition) is 3. The number of aromatic nitrogens is 2. The fourth-order valence-electron chi connectivity index (χ4n) is 2.65. The predicted octanol–water partition coefficient (Wildman–Crippen LogP) is 2.27. The van der Waals surface area contributed by atoms with Crippen LogP contribution in [0.2, 0.25) is 0 Å².